The number of rotatable bonds is 8. The molecular formula is C17H29NO. The summed E-state index contributed by atoms with van der Waals surface area (Å²) in [6, 6.07) is 8.42. The number of hydrogen-bond donors (Lipinski definition) is 1. The van der Waals surface area contributed by atoms with Gasteiger partial charge >= 0.3 is 0 Å². The molecule has 0 saturated heterocycles. The average molecular weight is 263 g/mol. The maximum Gasteiger partial charge on any atom is 0.119 e. The van der Waals surface area contributed by atoms with E-state index in [1.54, 1.807) is 0 Å². The second-order valence-corrected chi connectivity index (χ2v) is 6.08. The lowest BCUT2D eigenvalue weighted by molar-refractivity contribution is 0.313. The van der Waals surface area contributed by atoms with Gasteiger partial charge in [0.15, 0.2) is 0 Å². The summed E-state index contributed by atoms with van der Waals surface area (Å²) < 4.78 is 5.79. The highest BCUT2D eigenvalue weighted by atomic mass is 16.5. The van der Waals surface area contributed by atoms with Gasteiger partial charge in [0.1, 0.15) is 12.4 Å². The van der Waals surface area contributed by atoms with Crippen molar-refractivity contribution < 1.29 is 4.74 Å². The summed E-state index contributed by atoms with van der Waals surface area (Å²) in [5.74, 6) is 0.975. The van der Waals surface area contributed by atoms with Crippen molar-refractivity contribution >= 4 is 0 Å². The minimum Gasteiger partial charge on any atom is -0.492 e. The topological polar surface area (TPSA) is 21.3 Å². The fourth-order valence-electron chi connectivity index (χ4n) is 1.92. The Morgan fingerprint density at radius 3 is 2.58 bits per heavy atom. The fraction of sp³-hybridized carbons (Fsp3) is 0.647. The molecule has 0 aliphatic heterocycles. The van der Waals surface area contributed by atoms with Gasteiger partial charge in [-0.05, 0) is 36.1 Å². The van der Waals surface area contributed by atoms with E-state index in [2.05, 4.69) is 51.2 Å². The Hall–Kier alpha value is -1.02. The third-order valence-corrected chi connectivity index (χ3v) is 3.20. The third-order valence-electron chi connectivity index (χ3n) is 3.20. The molecule has 0 unspecified atom stereocenters. The summed E-state index contributed by atoms with van der Waals surface area (Å²) in [4.78, 5) is 0. The zero-order chi connectivity index (χ0) is 14.1. The Morgan fingerprint density at radius 2 is 1.89 bits per heavy atom. The molecule has 0 aliphatic rings. The SMILES string of the molecule is CCCCCNCCOc1cccc(C(C)(C)C)c1. The molecule has 0 heterocycles. The van der Waals surface area contributed by atoms with Crippen LogP contribution in [0.3, 0.4) is 0 Å². The Morgan fingerprint density at radius 1 is 1.11 bits per heavy atom. The van der Waals surface area contributed by atoms with E-state index in [0.717, 1.165) is 25.4 Å². The first-order valence-electron chi connectivity index (χ1n) is 7.48. The van der Waals surface area contributed by atoms with Gasteiger partial charge < -0.3 is 10.1 Å². The minimum atomic E-state index is 0.178. The number of hydrogen-bond acceptors (Lipinski definition) is 2. The van der Waals surface area contributed by atoms with Gasteiger partial charge in [0.25, 0.3) is 0 Å². The van der Waals surface area contributed by atoms with Crippen molar-refractivity contribution in [1.29, 1.82) is 0 Å². The molecule has 1 N–H and O–H groups in total. The molecule has 2 heteroatoms. The molecule has 108 valence electrons. The molecular weight excluding hydrogens is 234 g/mol. The number of unbranched alkanes of at least 4 members (excludes halogenated alkanes) is 2. The monoisotopic (exact) mass is 263 g/mol. The zero-order valence-electron chi connectivity index (χ0n) is 13.0. The molecule has 1 aromatic rings. The molecule has 0 atom stereocenters. The molecule has 0 aromatic heterocycles. The van der Waals surface area contributed by atoms with Crippen LogP contribution in [0.2, 0.25) is 0 Å². The van der Waals surface area contributed by atoms with Crippen molar-refractivity contribution in [2.24, 2.45) is 0 Å². The molecule has 2 nitrogen and oxygen atoms in total. The Labute approximate surface area is 118 Å². The predicted octanol–water partition coefficient (Wildman–Crippen LogP) is 4.14. The van der Waals surface area contributed by atoms with Crippen LogP contribution in [-0.2, 0) is 5.41 Å². The quantitative estimate of drug-likeness (QED) is 0.712. The molecule has 0 fully saturated rings. The van der Waals surface area contributed by atoms with Crippen molar-refractivity contribution in [2.45, 2.75) is 52.4 Å². The fourth-order valence-corrected chi connectivity index (χ4v) is 1.92. The van der Waals surface area contributed by atoms with E-state index in [0.29, 0.717) is 0 Å². The molecule has 0 spiro atoms. The molecule has 0 radical (unpaired) electrons. The van der Waals surface area contributed by atoms with Gasteiger partial charge in [0.05, 0.1) is 0 Å². The molecule has 0 bridgehead atoms. The van der Waals surface area contributed by atoms with Crippen LogP contribution in [0, 0.1) is 0 Å². The maximum absolute atomic E-state index is 5.79. The second kappa shape index (κ2) is 8.21. The van der Waals surface area contributed by atoms with Crippen molar-refractivity contribution in [1.82, 2.24) is 5.32 Å². The molecule has 0 amide bonds. The minimum absolute atomic E-state index is 0.178. The standard InChI is InChI=1S/C17H29NO/c1-5-6-7-11-18-12-13-19-16-10-8-9-15(14-16)17(2,3)4/h8-10,14,18H,5-7,11-13H2,1-4H3. The smallest absolute Gasteiger partial charge is 0.119 e. The highest BCUT2D eigenvalue weighted by Crippen LogP contribution is 2.25. The van der Waals surface area contributed by atoms with Gasteiger partial charge in [-0.25, -0.2) is 0 Å². The van der Waals surface area contributed by atoms with Gasteiger partial charge in [0, 0.05) is 6.54 Å². The lowest BCUT2D eigenvalue weighted by Gasteiger charge is -2.19. The normalized spacial score (nSPS) is 11.6. The maximum atomic E-state index is 5.79. The van der Waals surface area contributed by atoms with Crippen LogP contribution in [-0.4, -0.2) is 19.7 Å². The van der Waals surface area contributed by atoms with Crippen molar-refractivity contribution in [3.63, 3.8) is 0 Å². The summed E-state index contributed by atoms with van der Waals surface area (Å²) in [5.41, 5.74) is 1.50. The summed E-state index contributed by atoms with van der Waals surface area (Å²) in [6.07, 6.45) is 3.84. The van der Waals surface area contributed by atoms with Crippen molar-refractivity contribution in [2.75, 3.05) is 19.7 Å². The molecule has 1 rings (SSSR count). The van der Waals surface area contributed by atoms with Gasteiger partial charge in [-0.2, -0.15) is 0 Å². The third kappa shape index (κ3) is 6.63. The van der Waals surface area contributed by atoms with Crippen LogP contribution in [0.1, 0.15) is 52.5 Å². The highest BCUT2D eigenvalue weighted by Gasteiger charge is 2.13. The number of nitrogens with one attached hydrogen (secondary N) is 1. The average Bonchev–Trinajstić information content (AvgIpc) is 2.37. The van der Waals surface area contributed by atoms with Crippen LogP contribution < -0.4 is 10.1 Å². The van der Waals surface area contributed by atoms with E-state index in [9.17, 15) is 0 Å². The second-order valence-electron chi connectivity index (χ2n) is 6.08. The van der Waals surface area contributed by atoms with E-state index in [1.807, 2.05) is 6.07 Å². The van der Waals surface area contributed by atoms with E-state index in [-0.39, 0.29) is 5.41 Å². The van der Waals surface area contributed by atoms with E-state index in [1.165, 1.54) is 24.8 Å². The summed E-state index contributed by atoms with van der Waals surface area (Å²) >= 11 is 0. The molecule has 1 aromatic carbocycles. The van der Waals surface area contributed by atoms with E-state index in [4.69, 9.17) is 4.74 Å². The van der Waals surface area contributed by atoms with Crippen molar-refractivity contribution in [3.05, 3.63) is 29.8 Å². The Balaban J connectivity index is 2.26. The summed E-state index contributed by atoms with van der Waals surface area (Å²) in [5, 5.41) is 3.41. The predicted molar refractivity (Wildman–Crippen MR) is 83.0 cm³/mol. The first-order chi connectivity index (χ1) is 9.04. The van der Waals surface area contributed by atoms with Crippen LogP contribution in [0.5, 0.6) is 5.75 Å². The highest BCUT2D eigenvalue weighted by molar-refractivity contribution is 5.32. The number of ether oxygens (including phenoxy) is 1. The zero-order valence-corrected chi connectivity index (χ0v) is 13.0. The number of benzene rings is 1. The Bertz CT molecular complexity index is 355. The van der Waals surface area contributed by atoms with Gasteiger partial charge in [-0.15, -0.1) is 0 Å². The van der Waals surface area contributed by atoms with Gasteiger partial charge in [-0.3, -0.25) is 0 Å². The van der Waals surface area contributed by atoms with Crippen LogP contribution in [0.25, 0.3) is 0 Å². The van der Waals surface area contributed by atoms with Crippen LogP contribution in [0.15, 0.2) is 24.3 Å². The first-order valence-corrected chi connectivity index (χ1v) is 7.48. The van der Waals surface area contributed by atoms with Gasteiger partial charge in [0.2, 0.25) is 0 Å². The van der Waals surface area contributed by atoms with Gasteiger partial charge in [-0.1, -0.05) is 52.7 Å². The molecule has 19 heavy (non-hydrogen) atoms. The van der Waals surface area contributed by atoms with Crippen molar-refractivity contribution in [3.8, 4) is 5.75 Å². The summed E-state index contributed by atoms with van der Waals surface area (Å²) in [7, 11) is 0. The largest absolute Gasteiger partial charge is 0.492 e. The van der Waals surface area contributed by atoms with Crippen LogP contribution >= 0.6 is 0 Å². The summed E-state index contributed by atoms with van der Waals surface area (Å²) in [6.45, 7) is 11.7. The first kappa shape index (κ1) is 16.0. The van der Waals surface area contributed by atoms with E-state index < -0.39 is 0 Å². The molecule has 0 saturated carbocycles. The van der Waals surface area contributed by atoms with Crippen LogP contribution in [0.4, 0.5) is 0 Å². The Kier molecular flexibility index (Phi) is 6.93. The van der Waals surface area contributed by atoms with E-state index >= 15 is 0 Å². The lowest BCUT2D eigenvalue weighted by Crippen LogP contribution is -2.22. The lowest BCUT2D eigenvalue weighted by atomic mass is 9.87. The molecule has 0 aliphatic carbocycles.